The summed E-state index contributed by atoms with van der Waals surface area (Å²) in [6.07, 6.45) is 0.689. The first-order chi connectivity index (χ1) is 10.6. The Kier molecular flexibility index (Phi) is 3.56. The maximum atomic E-state index is 9.13. The van der Waals surface area contributed by atoms with Crippen molar-refractivity contribution in [3.8, 4) is 6.07 Å². The van der Waals surface area contributed by atoms with Crippen molar-refractivity contribution in [2.24, 2.45) is 0 Å². The lowest BCUT2D eigenvalue weighted by Crippen LogP contribution is -2.03. The molecule has 0 bridgehead atoms. The lowest BCUT2D eigenvalue weighted by atomic mass is 10.1. The van der Waals surface area contributed by atoms with Gasteiger partial charge in [-0.15, -0.1) is 0 Å². The van der Waals surface area contributed by atoms with E-state index in [0.717, 1.165) is 28.1 Å². The van der Waals surface area contributed by atoms with Crippen molar-refractivity contribution in [3.63, 3.8) is 0 Å². The Morgan fingerprint density at radius 1 is 1.14 bits per heavy atom. The number of imidazole rings is 1. The van der Waals surface area contributed by atoms with E-state index in [1.807, 2.05) is 28.8 Å². The van der Waals surface area contributed by atoms with E-state index in [4.69, 9.17) is 16.0 Å². The highest BCUT2D eigenvalue weighted by molar-refractivity contribution is 5.78. The molecule has 0 unspecified atom stereocenters. The van der Waals surface area contributed by atoms with Crippen molar-refractivity contribution in [2.45, 2.75) is 26.8 Å². The van der Waals surface area contributed by atoms with Gasteiger partial charge in [0.25, 0.3) is 0 Å². The maximum absolute atomic E-state index is 9.13. The Balaban J connectivity index is 2.10. The first-order valence-electron chi connectivity index (χ1n) is 7.26. The molecule has 3 rings (SSSR count). The van der Waals surface area contributed by atoms with Crippen LogP contribution in [-0.4, -0.2) is 9.55 Å². The summed E-state index contributed by atoms with van der Waals surface area (Å²) in [7, 11) is 0. The van der Waals surface area contributed by atoms with E-state index < -0.39 is 0 Å². The van der Waals surface area contributed by atoms with Crippen molar-refractivity contribution < 1.29 is 0 Å². The number of hydrogen-bond donors (Lipinski definition) is 1. The average molecular weight is 290 g/mol. The number of nitrogen functional groups attached to an aromatic ring is 1. The molecule has 1 heterocycles. The summed E-state index contributed by atoms with van der Waals surface area (Å²) in [6, 6.07) is 14.2. The van der Waals surface area contributed by atoms with Gasteiger partial charge in [-0.3, -0.25) is 0 Å². The number of benzene rings is 2. The number of aromatic nitrogens is 2. The van der Waals surface area contributed by atoms with Crippen molar-refractivity contribution in [3.05, 3.63) is 58.9 Å². The van der Waals surface area contributed by atoms with Gasteiger partial charge in [0.05, 0.1) is 17.1 Å². The third kappa shape index (κ3) is 2.53. The Morgan fingerprint density at radius 3 is 2.50 bits per heavy atom. The second-order valence-corrected chi connectivity index (χ2v) is 5.62. The molecule has 2 N–H and O–H groups in total. The molecule has 0 aliphatic heterocycles. The van der Waals surface area contributed by atoms with E-state index in [9.17, 15) is 0 Å². The van der Waals surface area contributed by atoms with E-state index in [-0.39, 0.29) is 0 Å². The highest BCUT2D eigenvalue weighted by atomic mass is 15.1. The number of aryl methyl sites for hydroxylation is 2. The normalized spacial score (nSPS) is 10.8. The van der Waals surface area contributed by atoms with Gasteiger partial charge in [0, 0.05) is 12.1 Å². The van der Waals surface area contributed by atoms with Crippen molar-refractivity contribution >= 4 is 16.7 Å². The summed E-state index contributed by atoms with van der Waals surface area (Å²) in [5, 5.41) is 9.13. The summed E-state index contributed by atoms with van der Waals surface area (Å²) in [5.74, 6) is 0.909. The summed E-state index contributed by atoms with van der Waals surface area (Å²) in [5.41, 5.74) is 12.0. The van der Waals surface area contributed by atoms with E-state index in [2.05, 4.69) is 32.0 Å². The molecule has 4 heteroatoms. The van der Waals surface area contributed by atoms with Crippen LogP contribution in [0, 0.1) is 25.2 Å². The fraction of sp³-hybridized carbons (Fsp3) is 0.222. The van der Waals surface area contributed by atoms with E-state index in [1.54, 1.807) is 0 Å². The molecule has 1 aromatic heterocycles. The minimum absolute atomic E-state index is 0.309. The van der Waals surface area contributed by atoms with Crippen LogP contribution in [0.3, 0.4) is 0 Å². The van der Waals surface area contributed by atoms with Gasteiger partial charge < -0.3 is 10.3 Å². The monoisotopic (exact) mass is 290 g/mol. The van der Waals surface area contributed by atoms with Crippen LogP contribution in [0.1, 0.15) is 22.5 Å². The molecule has 0 aliphatic rings. The number of rotatable bonds is 3. The topological polar surface area (TPSA) is 67.6 Å². The molecule has 0 radical (unpaired) electrons. The van der Waals surface area contributed by atoms with Crippen LogP contribution in [-0.2, 0) is 13.0 Å². The van der Waals surface area contributed by atoms with Gasteiger partial charge in [0.15, 0.2) is 0 Å². The molecule has 0 amide bonds. The molecule has 2 aromatic carbocycles. The first-order valence-corrected chi connectivity index (χ1v) is 7.26. The molecule has 0 atom stereocenters. The van der Waals surface area contributed by atoms with Gasteiger partial charge in [-0.25, -0.2) is 4.98 Å². The minimum Gasteiger partial charge on any atom is -0.399 e. The van der Waals surface area contributed by atoms with Crippen molar-refractivity contribution in [1.29, 1.82) is 5.26 Å². The fourth-order valence-corrected chi connectivity index (χ4v) is 2.63. The van der Waals surface area contributed by atoms with Crippen LogP contribution in [0.5, 0.6) is 0 Å². The third-order valence-corrected chi connectivity index (χ3v) is 4.01. The summed E-state index contributed by atoms with van der Waals surface area (Å²) in [6.45, 7) is 4.47. The lowest BCUT2D eigenvalue weighted by Gasteiger charge is -2.06. The minimum atomic E-state index is 0.309. The van der Waals surface area contributed by atoms with Gasteiger partial charge in [-0.2, -0.15) is 5.26 Å². The SMILES string of the molecule is Cc1cc2nc(Cc3ccc(N)cc3)n(CC#N)c2cc1C. The average Bonchev–Trinajstić information content (AvgIpc) is 2.80. The van der Waals surface area contributed by atoms with Crippen LogP contribution in [0.4, 0.5) is 5.69 Å². The van der Waals surface area contributed by atoms with Crippen LogP contribution < -0.4 is 5.73 Å². The van der Waals surface area contributed by atoms with Gasteiger partial charge in [-0.05, 0) is 54.8 Å². The highest BCUT2D eigenvalue weighted by Crippen LogP contribution is 2.22. The molecule has 22 heavy (non-hydrogen) atoms. The molecule has 110 valence electrons. The standard InChI is InChI=1S/C18H18N4/c1-12-9-16-17(10-13(12)2)22(8-7-19)18(21-16)11-14-3-5-15(20)6-4-14/h3-6,9-10H,8,11,20H2,1-2H3. The molecule has 0 spiro atoms. The number of nitriles is 1. The Hall–Kier alpha value is -2.80. The van der Waals surface area contributed by atoms with Crippen LogP contribution in [0.15, 0.2) is 36.4 Å². The van der Waals surface area contributed by atoms with Gasteiger partial charge in [0.1, 0.15) is 12.4 Å². The van der Waals surface area contributed by atoms with Gasteiger partial charge >= 0.3 is 0 Å². The largest absolute Gasteiger partial charge is 0.399 e. The summed E-state index contributed by atoms with van der Waals surface area (Å²) < 4.78 is 2.00. The summed E-state index contributed by atoms with van der Waals surface area (Å²) >= 11 is 0. The smallest absolute Gasteiger partial charge is 0.115 e. The number of nitrogens with two attached hydrogens (primary N) is 1. The Morgan fingerprint density at radius 2 is 1.82 bits per heavy atom. The van der Waals surface area contributed by atoms with Gasteiger partial charge in [0.2, 0.25) is 0 Å². The first kappa shape index (κ1) is 14.2. The van der Waals surface area contributed by atoms with Crippen molar-refractivity contribution in [1.82, 2.24) is 9.55 Å². The van der Waals surface area contributed by atoms with Crippen LogP contribution >= 0.6 is 0 Å². The fourth-order valence-electron chi connectivity index (χ4n) is 2.63. The number of nitrogens with zero attached hydrogens (tertiary/aromatic N) is 3. The Labute approximate surface area is 129 Å². The number of hydrogen-bond acceptors (Lipinski definition) is 3. The zero-order valence-electron chi connectivity index (χ0n) is 12.8. The second-order valence-electron chi connectivity index (χ2n) is 5.62. The molecule has 0 fully saturated rings. The molecule has 3 aromatic rings. The zero-order chi connectivity index (χ0) is 15.7. The van der Waals surface area contributed by atoms with Crippen molar-refractivity contribution in [2.75, 3.05) is 5.73 Å². The zero-order valence-corrected chi connectivity index (χ0v) is 12.8. The second kappa shape index (κ2) is 5.53. The molecule has 0 saturated heterocycles. The number of anilines is 1. The predicted octanol–water partition coefficient (Wildman–Crippen LogP) is 3.35. The lowest BCUT2D eigenvalue weighted by molar-refractivity contribution is 0.787. The highest BCUT2D eigenvalue weighted by Gasteiger charge is 2.12. The van der Waals surface area contributed by atoms with Crippen LogP contribution in [0.2, 0.25) is 0 Å². The van der Waals surface area contributed by atoms with Crippen LogP contribution in [0.25, 0.3) is 11.0 Å². The molecule has 0 aliphatic carbocycles. The molecule has 4 nitrogen and oxygen atoms in total. The van der Waals surface area contributed by atoms with E-state index in [1.165, 1.54) is 11.1 Å². The predicted molar refractivity (Wildman–Crippen MR) is 88.5 cm³/mol. The molecular formula is C18H18N4. The number of fused-ring (bicyclic) bond motifs is 1. The third-order valence-electron chi connectivity index (χ3n) is 4.01. The van der Waals surface area contributed by atoms with E-state index >= 15 is 0 Å². The molecular weight excluding hydrogens is 272 g/mol. The van der Waals surface area contributed by atoms with Gasteiger partial charge in [-0.1, -0.05) is 12.1 Å². The quantitative estimate of drug-likeness (QED) is 0.752. The Bertz CT molecular complexity index is 867. The molecule has 0 saturated carbocycles. The van der Waals surface area contributed by atoms with E-state index in [0.29, 0.717) is 13.0 Å². The maximum Gasteiger partial charge on any atom is 0.115 e. The summed E-state index contributed by atoms with van der Waals surface area (Å²) in [4.78, 5) is 4.73.